The third-order valence-electron chi connectivity index (χ3n) is 4.19. The summed E-state index contributed by atoms with van der Waals surface area (Å²) in [6, 6.07) is 4.04. The lowest BCUT2D eigenvalue weighted by atomic mass is 10.0. The Morgan fingerprint density at radius 3 is 2.86 bits per heavy atom. The van der Waals surface area contributed by atoms with Crippen LogP contribution in [0.15, 0.2) is 18.3 Å². The summed E-state index contributed by atoms with van der Waals surface area (Å²) in [6.45, 7) is 4.64. The molecule has 2 heterocycles. The summed E-state index contributed by atoms with van der Waals surface area (Å²) < 4.78 is 5.57. The van der Waals surface area contributed by atoms with Crippen LogP contribution < -0.4 is 0 Å². The maximum absolute atomic E-state index is 11.9. The molecular formula is C16H25N3O2. The number of likely N-dealkylation sites (tertiary alicyclic amines) is 1. The molecule has 0 unspecified atom stereocenters. The van der Waals surface area contributed by atoms with Crippen molar-refractivity contribution >= 4 is 5.91 Å². The highest BCUT2D eigenvalue weighted by Crippen LogP contribution is 2.25. The average Bonchev–Trinajstić information content (AvgIpc) is 2.83. The molecule has 0 aromatic carbocycles. The lowest BCUT2D eigenvalue weighted by Crippen LogP contribution is -2.29. The summed E-state index contributed by atoms with van der Waals surface area (Å²) in [5, 5.41) is 0. The summed E-state index contributed by atoms with van der Waals surface area (Å²) in [7, 11) is 5.33. The van der Waals surface area contributed by atoms with E-state index in [1.165, 1.54) is 5.56 Å². The molecule has 0 radical (unpaired) electrons. The monoisotopic (exact) mass is 291 g/mol. The first-order valence-electron chi connectivity index (χ1n) is 7.37. The van der Waals surface area contributed by atoms with Crippen LogP contribution in [0.25, 0.3) is 0 Å². The van der Waals surface area contributed by atoms with Gasteiger partial charge in [-0.3, -0.25) is 14.7 Å². The number of amides is 1. The maximum Gasteiger partial charge on any atom is 0.222 e. The van der Waals surface area contributed by atoms with E-state index in [0.717, 1.165) is 25.3 Å². The van der Waals surface area contributed by atoms with Crippen molar-refractivity contribution in [3.05, 3.63) is 29.6 Å². The zero-order valence-corrected chi connectivity index (χ0v) is 13.4. The Balaban J connectivity index is 1.98. The highest BCUT2D eigenvalue weighted by atomic mass is 16.5. The Morgan fingerprint density at radius 2 is 2.24 bits per heavy atom. The quantitative estimate of drug-likeness (QED) is 0.821. The molecule has 0 bridgehead atoms. The number of aromatic nitrogens is 1. The van der Waals surface area contributed by atoms with Gasteiger partial charge in [0.2, 0.25) is 5.91 Å². The normalized spacial score (nSPS) is 22.5. The van der Waals surface area contributed by atoms with Crippen LogP contribution in [0.3, 0.4) is 0 Å². The van der Waals surface area contributed by atoms with Crippen LogP contribution in [0, 0.1) is 12.8 Å². The molecule has 21 heavy (non-hydrogen) atoms. The average molecular weight is 291 g/mol. The summed E-state index contributed by atoms with van der Waals surface area (Å²) >= 11 is 0. The predicted molar refractivity (Wildman–Crippen MR) is 81.8 cm³/mol. The molecule has 116 valence electrons. The molecule has 5 heteroatoms. The minimum atomic E-state index is 0.123. The van der Waals surface area contributed by atoms with E-state index < -0.39 is 0 Å². The molecule has 0 N–H and O–H groups in total. The second-order valence-corrected chi connectivity index (χ2v) is 5.99. The molecule has 1 aliphatic rings. The number of aryl methyl sites for hydroxylation is 1. The van der Waals surface area contributed by atoms with E-state index >= 15 is 0 Å². The third kappa shape index (κ3) is 4.02. The molecule has 1 saturated heterocycles. The fourth-order valence-electron chi connectivity index (χ4n) is 2.82. The Bertz CT molecular complexity index is 490. The molecule has 2 rings (SSSR count). The van der Waals surface area contributed by atoms with Crippen LogP contribution in [-0.4, -0.2) is 61.1 Å². The summed E-state index contributed by atoms with van der Waals surface area (Å²) in [6.07, 6.45) is 2.50. The van der Waals surface area contributed by atoms with Crippen LogP contribution in [-0.2, 0) is 16.1 Å². The van der Waals surface area contributed by atoms with Gasteiger partial charge in [0.25, 0.3) is 0 Å². The number of hydrogen-bond acceptors (Lipinski definition) is 4. The third-order valence-corrected chi connectivity index (χ3v) is 4.19. The van der Waals surface area contributed by atoms with Crippen LogP contribution >= 0.6 is 0 Å². The van der Waals surface area contributed by atoms with Gasteiger partial charge in [0, 0.05) is 59.4 Å². The number of ether oxygens (including phenoxy) is 1. The fourth-order valence-corrected chi connectivity index (χ4v) is 2.82. The lowest BCUT2D eigenvalue weighted by Gasteiger charge is -2.18. The molecule has 1 aromatic heterocycles. The Hall–Kier alpha value is -1.46. The van der Waals surface area contributed by atoms with Crippen LogP contribution in [0.2, 0.25) is 0 Å². The number of rotatable bonds is 5. The number of carbonyl (C=O) groups excluding carboxylic acids is 1. The van der Waals surface area contributed by atoms with E-state index in [0.29, 0.717) is 6.42 Å². The predicted octanol–water partition coefficient (Wildman–Crippen LogP) is 1.32. The number of hydrogen-bond donors (Lipinski definition) is 0. The number of pyridine rings is 1. The van der Waals surface area contributed by atoms with Gasteiger partial charge in [-0.05, 0) is 18.6 Å². The summed E-state index contributed by atoms with van der Waals surface area (Å²) in [5.74, 6) is 0.423. The van der Waals surface area contributed by atoms with E-state index in [1.54, 1.807) is 26.1 Å². The maximum atomic E-state index is 11.9. The van der Waals surface area contributed by atoms with Crippen LogP contribution in [0.4, 0.5) is 0 Å². The molecule has 1 aromatic rings. The highest BCUT2D eigenvalue weighted by Gasteiger charge is 2.34. The van der Waals surface area contributed by atoms with E-state index in [-0.39, 0.29) is 17.9 Å². The molecule has 1 fully saturated rings. The van der Waals surface area contributed by atoms with Gasteiger partial charge in [-0.1, -0.05) is 6.07 Å². The minimum Gasteiger partial charge on any atom is -0.380 e. The van der Waals surface area contributed by atoms with Crippen molar-refractivity contribution in [2.75, 3.05) is 34.3 Å². The van der Waals surface area contributed by atoms with E-state index in [9.17, 15) is 4.79 Å². The van der Waals surface area contributed by atoms with Crippen molar-refractivity contribution in [3.8, 4) is 0 Å². The molecular weight excluding hydrogens is 266 g/mol. The van der Waals surface area contributed by atoms with E-state index in [4.69, 9.17) is 4.74 Å². The molecule has 2 atom stereocenters. The van der Waals surface area contributed by atoms with Gasteiger partial charge in [-0.15, -0.1) is 0 Å². The first kappa shape index (κ1) is 15.9. The molecule has 0 spiro atoms. The van der Waals surface area contributed by atoms with Crippen LogP contribution in [0.5, 0.6) is 0 Å². The van der Waals surface area contributed by atoms with Gasteiger partial charge < -0.3 is 9.64 Å². The second-order valence-electron chi connectivity index (χ2n) is 5.99. The Morgan fingerprint density at radius 1 is 1.48 bits per heavy atom. The van der Waals surface area contributed by atoms with Crippen molar-refractivity contribution in [2.24, 2.45) is 5.92 Å². The smallest absolute Gasteiger partial charge is 0.222 e. The topological polar surface area (TPSA) is 45.7 Å². The van der Waals surface area contributed by atoms with Crippen LogP contribution in [0.1, 0.15) is 17.7 Å². The Kier molecular flexibility index (Phi) is 5.31. The second kappa shape index (κ2) is 7.00. The number of carbonyl (C=O) groups is 1. The molecule has 1 amide bonds. The first-order chi connectivity index (χ1) is 10.0. The molecule has 1 aliphatic heterocycles. The molecule has 5 nitrogen and oxygen atoms in total. The van der Waals surface area contributed by atoms with E-state index in [2.05, 4.69) is 22.9 Å². The van der Waals surface area contributed by atoms with Crippen molar-refractivity contribution in [1.82, 2.24) is 14.8 Å². The standard InChI is InChI=1S/C16H25N3O2/c1-12-6-5-7-17-14(12)10-19-9-13(15(11-19)21-4)8-16(20)18(2)3/h5-7,13,15H,8-11H2,1-4H3/t13-,15+/m1/s1. The number of nitrogens with zero attached hydrogens (tertiary/aromatic N) is 3. The zero-order valence-electron chi connectivity index (χ0n) is 13.4. The SMILES string of the molecule is CO[C@H]1CN(Cc2ncccc2C)C[C@H]1CC(=O)N(C)C. The van der Waals surface area contributed by atoms with Crippen molar-refractivity contribution in [3.63, 3.8) is 0 Å². The van der Waals surface area contributed by atoms with E-state index in [1.807, 2.05) is 12.3 Å². The largest absolute Gasteiger partial charge is 0.380 e. The summed E-state index contributed by atoms with van der Waals surface area (Å²) in [5.41, 5.74) is 2.31. The zero-order chi connectivity index (χ0) is 15.4. The van der Waals surface area contributed by atoms with Gasteiger partial charge in [0.15, 0.2) is 0 Å². The summed E-state index contributed by atoms with van der Waals surface area (Å²) in [4.78, 5) is 20.3. The highest BCUT2D eigenvalue weighted by molar-refractivity contribution is 5.75. The minimum absolute atomic E-state index is 0.123. The Labute approximate surface area is 126 Å². The van der Waals surface area contributed by atoms with Crippen molar-refractivity contribution in [2.45, 2.75) is 26.0 Å². The first-order valence-corrected chi connectivity index (χ1v) is 7.37. The number of methoxy groups -OCH3 is 1. The van der Waals surface area contributed by atoms with Gasteiger partial charge >= 0.3 is 0 Å². The fraction of sp³-hybridized carbons (Fsp3) is 0.625. The van der Waals surface area contributed by atoms with Gasteiger partial charge in [0.05, 0.1) is 11.8 Å². The van der Waals surface area contributed by atoms with Crippen molar-refractivity contribution in [1.29, 1.82) is 0 Å². The van der Waals surface area contributed by atoms with Gasteiger partial charge in [0.1, 0.15) is 0 Å². The molecule has 0 aliphatic carbocycles. The van der Waals surface area contributed by atoms with Gasteiger partial charge in [-0.2, -0.15) is 0 Å². The van der Waals surface area contributed by atoms with Crippen molar-refractivity contribution < 1.29 is 9.53 Å². The lowest BCUT2D eigenvalue weighted by molar-refractivity contribution is -0.130. The molecule has 0 saturated carbocycles. The van der Waals surface area contributed by atoms with Gasteiger partial charge in [-0.25, -0.2) is 0 Å².